The molecule has 35 heavy (non-hydrogen) atoms. The number of ether oxygens (including phenoxy) is 1. The SMILES string of the molecule is Cc1cc2nc(N3CCC(C(=O)N[C@@H]4CCOC4)CC3)n(-c3ccc4ccccc4n3)c2cc1Cl. The Kier molecular flexibility index (Phi) is 5.82. The zero-order valence-corrected chi connectivity index (χ0v) is 20.5. The van der Waals surface area contributed by atoms with Gasteiger partial charge in [-0.1, -0.05) is 29.8 Å². The van der Waals surface area contributed by atoms with Gasteiger partial charge in [-0.25, -0.2) is 9.97 Å². The average molecular weight is 490 g/mol. The Hall–Kier alpha value is -3.16. The Morgan fingerprint density at radius 2 is 1.89 bits per heavy atom. The summed E-state index contributed by atoms with van der Waals surface area (Å²) >= 11 is 6.53. The number of imidazole rings is 1. The van der Waals surface area contributed by atoms with Crippen LogP contribution in [0, 0.1) is 12.8 Å². The van der Waals surface area contributed by atoms with Gasteiger partial charge in [0.2, 0.25) is 11.9 Å². The predicted octanol–water partition coefficient (Wildman–Crippen LogP) is 4.66. The second-order valence-corrected chi connectivity index (χ2v) is 9.94. The third-order valence-electron chi connectivity index (χ3n) is 7.15. The van der Waals surface area contributed by atoms with E-state index in [-0.39, 0.29) is 17.9 Å². The van der Waals surface area contributed by atoms with E-state index >= 15 is 0 Å². The fourth-order valence-corrected chi connectivity index (χ4v) is 5.27. The van der Waals surface area contributed by atoms with E-state index in [2.05, 4.69) is 26.9 Å². The van der Waals surface area contributed by atoms with Crippen molar-refractivity contribution in [2.75, 3.05) is 31.2 Å². The van der Waals surface area contributed by atoms with Gasteiger partial charge in [-0.05, 0) is 62.1 Å². The molecule has 2 aromatic heterocycles. The van der Waals surface area contributed by atoms with Crippen LogP contribution < -0.4 is 10.2 Å². The number of nitrogens with one attached hydrogen (secondary N) is 1. The van der Waals surface area contributed by atoms with Crippen LogP contribution in [-0.4, -0.2) is 52.8 Å². The van der Waals surface area contributed by atoms with E-state index in [9.17, 15) is 4.79 Å². The Morgan fingerprint density at radius 1 is 1.06 bits per heavy atom. The third-order valence-corrected chi connectivity index (χ3v) is 7.56. The summed E-state index contributed by atoms with van der Waals surface area (Å²) in [5, 5.41) is 4.96. The van der Waals surface area contributed by atoms with Gasteiger partial charge in [-0.3, -0.25) is 9.36 Å². The highest BCUT2D eigenvalue weighted by molar-refractivity contribution is 6.32. The van der Waals surface area contributed by atoms with Gasteiger partial charge in [-0.15, -0.1) is 0 Å². The van der Waals surface area contributed by atoms with Crippen molar-refractivity contribution < 1.29 is 9.53 Å². The normalized spacial score (nSPS) is 19.0. The van der Waals surface area contributed by atoms with E-state index in [1.165, 1.54) is 0 Å². The van der Waals surface area contributed by atoms with Crippen LogP contribution in [-0.2, 0) is 9.53 Å². The number of hydrogen-bond donors (Lipinski definition) is 1. The lowest BCUT2D eigenvalue weighted by atomic mass is 9.95. The molecule has 1 N–H and O–H groups in total. The summed E-state index contributed by atoms with van der Waals surface area (Å²) in [6, 6.07) is 16.4. The lowest BCUT2D eigenvalue weighted by Crippen LogP contribution is -2.44. The second-order valence-electron chi connectivity index (χ2n) is 9.53. The van der Waals surface area contributed by atoms with Crippen LogP contribution in [0.4, 0.5) is 5.95 Å². The molecule has 7 nitrogen and oxygen atoms in total. The minimum atomic E-state index is 0.0140. The quantitative estimate of drug-likeness (QED) is 0.451. The van der Waals surface area contributed by atoms with Crippen molar-refractivity contribution in [1.29, 1.82) is 0 Å². The van der Waals surface area contributed by atoms with Crippen LogP contribution in [0.2, 0.25) is 5.02 Å². The number of piperidine rings is 1. The third kappa shape index (κ3) is 4.23. The topological polar surface area (TPSA) is 72.3 Å². The van der Waals surface area contributed by atoms with Gasteiger partial charge in [0.25, 0.3) is 0 Å². The molecular weight excluding hydrogens is 462 g/mol. The maximum atomic E-state index is 12.8. The molecule has 8 heteroatoms. The molecule has 0 saturated carbocycles. The molecule has 0 unspecified atom stereocenters. The number of hydrogen-bond acceptors (Lipinski definition) is 5. The molecule has 2 aliphatic rings. The van der Waals surface area contributed by atoms with Crippen LogP contribution in [0.3, 0.4) is 0 Å². The number of pyridine rings is 1. The zero-order valence-electron chi connectivity index (χ0n) is 19.7. The molecule has 1 amide bonds. The van der Waals surface area contributed by atoms with E-state index in [0.29, 0.717) is 11.6 Å². The number of aryl methyl sites for hydroxylation is 1. The second kappa shape index (κ2) is 9.13. The summed E-state index contributed by atoms with van der Waals surface area (Å²) in [5.74, 6) is 1.81. The number of carbonyl (C=O) groups excluding carboxylic acids is 1. The fourth-order valence-electron chi connectivity index (χ4n) is 5.12. The minimum Gasteiger partial charge on any atom is -0.379 e. The van der Waals surface area contributed by atoms with Gasteiger partial charge < -0.3 is 15.0 Å². The van der Waals surface area contributed by atoms with Crippen LogP contribution in [0.15, 0.2) is 48.5 Å². The fraction of sp³-hybridized carbons (Fsp3) is 0.370. The summed E-state index contributed by atoms with van der Waals surface area (Å²) in [7, 11) is 0. The molecule has 6 rings (SSSR count). The molecule has 2 saturated heterocycles. The van der Waals surface area contributed by atoms with Crippen LogP contribution in [0.5, 0.6) is 0 Å². The number of halogens is 1. The van der Waals surface area contributed by atoms with Gasteiger partial charge >= 0.3 is 0 Å². The molecule has 4 heterocycles. The molecule has 0 spiro atoms. The summed E-state index contributed by atoms with van der Waals surface area (Å²) in [6.07, 6.45) is 2.47. The number of anilines is 1. The summed E-state index contributed by atoms with van der Waals surface area (Å²) in [6.45, 7) is 4.85. The number of benzene rings is 2. The van der Waals surface area contributed by atoms with Crippen molar-refractivity contribution in [3.8, 4) is 5.82 Å². The van der Waals surface area contributed by atoms with Crippen molar-refractivity contribution in [3.63, 3.8) is 0 Å². The maximum absolute atomic E-state index is 12.8. The molecule has 0 radical (unpaired) electrons. The largest absolute Gasteiger partial charge is 0.379 e. The summed E-state index contributed by atoms with van der Waals surface area (Å²) in [4.78, 5) is 25.0. The Labute approximate surface area is 209 Å². The van der Waals surface area contributed by atoms with E-state index in [4.69, 9.17) is 26.3 Å². The van der Waals surface area contributed by atoms with Crippen LogP contribution in [0.25, 0.3) is 27.8 Å². The molecule has 2 aliphatic heterocycles. The first-order chi connectivity index (χ1) is 17.1. The Morgan fingerprint density at radius 3 is 2.69 bits per heavy atom. The smallest absolute Gasteiger partial charge is 0.223 e. The van der Waals surface area contributed by atoms with E-state index in [1.54, 1.807) is 0 Å². The van der Waals surface area contributed by atoms with Crippen molar-refractivity contribution in [3.05, 3.63) is 59.1 Å². The number of fused-ring (bicyclic) bond motifs is 2. The van der Waals surface area contributed by atoms with E-state index < -0.39 is 0 Å². The van der Waals surface area contributed by atoms with Gasteiger partial charge in [-0.2, -0.15) is 0 Å². The van der Waals surface area contributed by atoms with Gasteiger partial charge in [0.1, 0.15) is 5.82 Å². The monoisotopic (exact) mass is 489 g/mol. The van der Waals surface area contributed by atoms with Gasteiger partial charge in [0.15, 0.2) is 0 Å². The number of para-hydroxylation sites is 1. The highest BCUT2D eigenvalue weighted by atomic mass is 35.5. The standard InChI is InChI=1S/C27H28ClN5O2/c1-17-14-23-24(15-21(17)28)33(25-7-6-18-4-2-3-5-22(18)30-25)27(31-23)32-11-8-19(9-12-32)26(34)29-20-10-13-35-16-20/h2-7,14-15,19-20H,8-13,16H2,1H3,(H,29,34)/t20-/m1/s1. The molecule has 0 aliphatic carbocycles. The van der Waals surface area contributed by atoms with E-state index in [1.807, 2.05) is 43.3 Å². The lowest BCUT2D eigenvalue weighted by Gasteiger charge is -2.32. The van der Waals surface area contributed by atoms with Gasteiger partial charge in [0.05, 0.1) is 29.2 Å². The number of nitrogens with zero attached hydrogens (tertiary/aromatic N) is 4. The molecular formula is C27H28ClN5O2. The Balaban J connectivity index is 1.33. The first-order valence-corrected chi connectivity index (χ1v) is 12.6. The average Bonchev–Trinajstić information content (AvgIpc) is 3.52. The highest BCUT2D eigenvalue weighted by Crippen LogP contribution is 2.33. The van der Waals surface area contributed by atoms with E-state index in [0.717, 1.165) is 78.2 Å². The number of rotatable bonds is 4. The minimum absolute atomic E-state index is 0.0140. The molecule has 2 fully saturated rings. The Bertz CT molecular complexity index is 1400. The molecule has 4 aromatic rings. The van der Waals surface area contributed by atoms with Crippen molar-refractivity contribution >= 4 is 45.4 Å². The van der Waals surface area contributed by atoms with Crippen molar-refractivity contribution in [2.45, 2.75) is 32.2 Å². The van der Waals surface area contributed by atoms with Crippen LogP contribution >= 0.6 is 11.6 Å². The summed E-state index contributed by atoms with van der Waals surface area (Å²) < 4.78 is 7.50. The van der Waals surface area contributed by atoms with Crippen molar-refractivity contribution in [2.24, 2.45) is 5.92 Å². The number of aromatic nitrogens is 3. The molecule has 180 valence electrons. The lowest BCUT2D eigenvalue weighted by molar-refractivity contribution is -0.126. The molecule has 1 atom stereocenters. The number of carbonyl (C=O) groups is 1. The first-order valence-electron chi connectivity index (χ1n) is 12.2. The van der Waals surface area contributed by atoms with Crippen molar-refractivity contribution in [1.82, 2.24) is 19.9 Å². The summed E-state index contributed by atoms with van der Waals surface area (Å²) in [5.41, 5.74) is 3.74. The van der Waals surface area contributed by atoms with Crippen LogP contribution in [0.1, 0.15) is 24.8 Å². The zero-order chi connectivity index (χ0) is 23.9. The highest BCUT2D eigenvalue weighted by Gasteiger charge is 2.30. The maximum Gasteiger partial charge on any atom is 0.223 e. The molecule has 0 bridgehead atoms. The number of amides is 1. The van der Waals surface area contributed by atoms with Gasteiger partial charge in [0, 0.05) is 36.0 Å². The first kappa shape index (κ1) is 22.3. The predicted molar refractivity (Wildman–Crippen MR) is 138 cm³/mol. The molecule has 2 aromatic carbocycles.